The van der Waals surface area contributed by atoms with E-state index in [9.17, 15) is 14.7 Å². The summed E-state index contributed by atoms with van der Waals surface area (Å²) in [5.74, 6) is 1.33. The smallest absolute Gasteiger partial charge is 0.327 e. The number of terminal acetylenes is 1. The summed E-state index contributed by atoms with van der Waals surface area (Å²) in [5, 5.41) is 11.8. The van der Waals surface area contributed by atoms with Crippen molar-refractivity contribution in [1.82, 2.24) is 10.2 Å². The van der Waals surface area contributed by atoms with E-state index < -0.39 is 23.5 Å². The first-order valence-corrected chi connectivity index (χ1v) is 5.61. The first kappa shape index (κ1) is 13.4. The fourth-order valence-electron chi connectivity index (χ4n) is 2.31. The Labute approximate surface area is 101 Å². The standard InChI is InChI=1S/C12H18N2O3/c1-4-7-13-11(17)14-8-5-6-12(2,3)9(14)10(15)16/h1,9H,5-8H2,2-3H3,(H,13,17)(H,15,16). The van der Waals surface area contributed by atoms with E-state index in [-0.39, 0.29) is 6.54 Å². The van der Waals surface area contributed by atoms with Gasteiger partial charge in [-0.25, -0.2) is 9.59 Å². The summed E-state index contributed by atoms with van der Waals surface area (Å²) in [4.78, 5) is 24.5. The third kappa shape index (κ3) is 2.90. The van der Waals surface area contributed by atoms with Crippen molar-refractivity contribution in [3.63, 3.8) is 0 Å². The Morgan fingerprint density at radius 2 is 2.24 bits per heavy atom. The number of carboxylic acids is 1. The van der Waals surface area contributed by atoms with Crippen molar-refractivity contribution in [2.45, 2.75) is 32.7 Å². The number of carboxylic acid groups (broad SMARTS) is 1. The minimum absolute atomic E-state index is 0.113. The topological polar surface area (TPSA) is 69.6 Å². The molecule has 5 nitrogen and oxygen atoms in total. The molecule has 1 unspecified atom stereocenters. The maximum absolute atomic E-state index is 11.8. The van der Waals surface area contributed by atoms with Gasteiger partial charge < -0.3 is 15.3 Å². The number of rotatable bonds is 2. The SMILES string of the molecule is C#CCNC(=O)N1CCCC(C)(C)C1C(=O)O. The van der Waals surface area contributed by atoms with Gasteiger partial charge in [0.2, 0.25) is 0 Å². The molecular weight excluding hydrogens is 220 g/mol. The number of carbonyl (C=O) groups excluding carboxylic acids is 1. The third-order valence-corrected chi connectivity index (χ3v) is 3.11. The number of piperidine rings is 1. The van der Waals surface area contributed by atoms with Gasteiger partial charge in [-0.2, -0.15) is 0 Å². The molecule has 1 heterocycles. The lowest BCUT2D eigenvalue weighted by Crippen LogP contribution is -2.58. The summed E-state index contributed by atoms with van der Waals surface area (Å²) in [6.45, 7) is 4.30. The molecule has 0 aromatic rings. The van der Waals surface area contributed by atoms with Crippen molar-refractivity contribution >= 4 is 12.0 Å². The van der Waals surface area contributed by atoms with E-state index in [1.54, 1.807) is 0 Å². The second-order valence-corrected chi connectivity index (χ2v) is 4.89. The minimum atomic E-state index is -0.967. The van der Waals surface area contributed by atoms with E-state index in [0.717, 1.165) is 12.8 Å². The first-order valence-electron chi connectivity index (χ1n) is 5.61. The number of carbonyl (C=O) groups is 2. The molecule has 1 saturated heterocycles. The van der Waals surface area contributed by atoms with Gasteiger partial charge in [0.15, 0.2) is 0 Å². The van der Waals surface area contributed by atoms with Gasteiger partial charge in [0, 0.05) is 6.54 Å². The Bertz CT molecular complexity index is 357. The number of likely N-dealkylation sites (tertiary alicyclic amines) is 1. The van der Waals surface area contributed by atoms with Gasteiger partial charge >= 0.3 is 12.0 Å². The van der Waals surface area contributed by atoms with Gasteiger partial charge in [0.05, 0.1) is 6.54 Å². The van der Waals surface area contributed by atoms with Crippen molar-refractivity contribution in [1.29, 1.82) is 0 Å². The molecule has 2 amide bonds. The fourth-order valence-corrected chi connectivity index (χ4v) is 2.31. The van der Waals surface area contributed by atoms with Crippen molar-refractivity contribution < 1.29 is 14.7 Å². The highest BCUT2D eigenvalue weighted by Crippen LogP contribution is 2.35. The summed E-state index contributed by atoms with van der Waals surface area (Å²) < 4.78 is 0. The molecule has 1 fully saturated rings. The van der Waals surface area contributed by atoms with Crippen LogP contribution in [0.1, 0.15) is 26.7 Å². The summed E-state index contributed by atoms with van der Waals surface area (Å²) in [6, 6.07) is -1.20. The molecule has 0 aromatic carbocycles. The zero-order valence-corrected chi connectivity index (χ0v) is 10.2. The average Bonchev–Trinajstić information content (AvgIpc) is 2.23. The number of nitrogens with one attached hydrogen (secondary N) is 1. The molecule has 1 aliphatic rings. The van der Waals surface area contributed by atoms with E-state index >= 15 is 0 Å². The minimum Gasteiger partial charge on any atom is -0.480 e. The largest absolute Gasteiger partial charge is 0.480 e. The maximum Gasteiger partial charge on any atom is 0.327 e. The van der Waals surface area contributed by atoms with Gasteiger partial charge in [-0.3, -0.25) is 0 Å². The van der Waals surface area contributed by atoms with E-state index in [4.69, 9.17) is 6.42 Å². The monoisotopic (exact) mass is 238 g/mol. The Hall–Kier alpha value is -1.70. The summed E-state index contributed by atoms with van der Waals surface area (Å²) in [7, 11) is 0. The van der Waals surface area contributed by atoms with Crippen LogP contribution in [-0.2, 0) is 4.79 Å². The average molecular weight is 238 g/mol. The molecule has 0 radical (unpaired) electrons. The third-order valence-electron chi connectivity index (χ3n) is 3.11. The molecule has 0 bridgehead atoms. The van der Waals surface area contributed by atoms with Crippen LogP contribution in [0.4, 0.5) is 4.79 Å². The molecule has 1 aliphatic heterocycles. The Morgan fingerprint density at radius 1 is 1.59 bits per heavy atom. The number of aliphatic carboxylic acids is 1. The molecule has 0 aromatic heterocycles. The van der Waals surface area contributed by atoms with Crippen LogP contribution in [0.3, 0.4) is 0 Å². The number of urea groups is 1. The molecular formula is C12H18N2O3. The number of hydrogen-bond acceptors (Lipinski definition) is 2. The predicted octanol–water partition coefficient (Wildman–Crippen LogP) is 0.904. The van der Waals surface area contributed by atoms with Crippen LogP contribution >= 0.6 is 0 Å². The molecule has 94 valence electrons. The second-order valence-electron chi connectivity index (χ2n) is 4.89. The van der Waals surface area contributed by atoms with Crippen LogP contribution in [0.5, 0.6) is 0 Å². The van der Waals surface area contributed by atoms with Gasteiger partial charge in [-0.1, -0.05) is 19.8 Å². The number of hydrogen-bond donors (Lipinski definition) is 2. The lowest BCUT2D eigenvalue weighted by atomic mass is 9.76. The fraction of sp³-hybridized carbons (Fsp3) is 0.667. The molecule has 0 saturated carbocycles. The van der Waals surface area contributed by atoms with E-state index in [0.29, 0.717) is 6.54 Å². The zero-order valence-electron chi connectivity index (χ0n) is 10.2. The van der Waals surface area contributed by atoms with Crippen molar-refractivity contribution in [2.75, 3.05) is 13.1 Å². The van der Waals surface area contributed by atoms with Crippen LogP contribution in [0.25, 0.3) is 0 Å². The Balaban J connectivity index is 2.85. The molecule has 2 N–H and O–H groups in total. The summed E-state index contributed by atoms with van der Waals surface area (Å²) in [6.07, 6.45) is 6.65. The molecule has 1 rings (SSSR count). The van der Waals surface area contributed by atoms with Crippen LogP contribution < -0.4 is 5.32 Å². The van der Waals surface area contributed by atoms with E-state index in [1.165, 1.54) is 4.90 Å². The number of nitrogens with zero attached hydrogens (tertiary/aromatic N) is 1. The van der Waals surface area contributed by atoms with Crippen molar-refractivity contribution in [2.24, 2.45) is 5.41 Å². The van der Waals surface area contributed by atoms with E-state index in [1.807, 2.05) is 13.8 Å². The van der Waals surface area contributed by atoms with Gasteiger partial charge in [0.1, 0.15) is 6.04 Å². The first-order chi connectivity index (χ1) is 7.90. The van der Waals surface area contributed by atoms with Crippen LogP contribution in [-0.4, -0.2) is 41.1 Å². The predicted molar refractivity (Wildman–Crippen MR) is 63.4 cm³/mol. The second kappa shape index (κ2) is 5.09. The van der Waals surface area contributed by atoms with Gasteiger partial charge in [-0.15, -0.1) is 6.42 Å². The van der Waals surface area contributed by atoms with Crippen molar-refractivity contribution in [3.8, 4) is 12.3 Å². The summed E-state index contributed by atoms with van der Waals surface area (Å²) in [5.41, 5.74) is -0.419. The van der Waals surface area contributed by atoms with Crippen LogP contribution in [0, 0.1) is 17.8 Å². The van der Waals surface area contributed by atoms with Crippen molar-refractivity contribution in [3.05, 3.63) is 0 Å². The zero-order chi connectivity index (χ0) is 13.1. The highest BCUT2D eigenvalue weighted by molar-refractivity contribution is 5.83. The lowest BCUT2D eigenvalue weighted by Gasteiger charge is -2.43. The molecule has 5 heteroatoms. The molecule has 17 heavy (non-hydrogen) atoms. The highest BCUT2D eigenvalue weighted by Gasteiger charge is 2.44. The lowest BCUT2D eigenvalue weighted by molar-refractivity contribution is -0.148. The van der Waals surface area contributed by atoms with Gasteiger partial charge in [-0.05, 0) is 18.3 Å². The van der Waals surface area contributed by atoms with E-state index in [2.05, 4.69) is 11.2 Å². The summed E-state index contributed by atoms with van der Waals surface area (Å²) >= 11 is 0. The Kier molecular flexibility index (Phi) is 4.00. The van der Waals surface area contributed by atoms with Crippen LogP contribution in [0.15, 0.2) is 0 Å². The van der Waals surface area contributed by atoms with Crippen LogP contribution in [0.2, 0.25) is 0 Å². The number of amides is 2. The van der Waals surface area contributed by atoms with Gasteiger partial charge in [0.25, 0.3) is 0 Å². The molecule has 0 aliphatic carbocycles. The molecule has 1 atom stereocenters. The quantitative estimate of drug-likeness (QED) is 0.702. The maximum atomic E-state index is 11.8. The Morgan fingerprint density at radius 3 is 2.76 bits per heavy atom. The normalized spacial score (nSPS) is 22.6. The highest BCUT2D eigenvalue weighted by atomic mass is 16.4. The molecule has 0 spiro atoms.